The third kappa shape index (κ3) is 1.88. The quantitative estimate of drug-likeness (QED) is 0.547. The highest BCUT2D eigenvalue weighted by atomic mass is 16.7. The largest absolute Gasteiger partial charge is 0.460 e. The van der Waals surface area contributed by atoms with Crippen molar-refractivity contribution in [1.82, 2.24) is 0 Å². The Kier molecular flexibility index (Phi) is 3.48. The molecule has 2 aliphatic rings. The van der Waals surface area contributed by atoms with E-state index >= 15 is 0 Å². The van der Waals surface area contributed by atoms with Crippen LogP contribution in [-0.4, -0.2) is 23.3 Å². The second kappa shape index (κ2) is 4.60. The van der Waals surface area contributed by atoms with Crippen molar-refractivity contribution in [3.8, 4) is 0 Å². The predicted octanol–water partition coefficient (Wildman–Crippen LogP) is 3.21. The third-order valence-corrected chi connectivity index (χ3v) is 4.61. The summed E-state index contributed by atoms with van der Waals surface area (Å²) < 4.78 is 11.5. The summed E-state index contributed by atoms with van der Waals surface area (Å²) in [5.74, 6) is -0.115. The Bertz CT molecular complexity index is 290. The maximum Gasteiger partial charge on any atom is 0.341 e. The SMILES string of the molecule is CCC1(CC)OC1(CC)C(=O)OC1CCCC1. The minimum Gasteiger partial charge on any atom is -0.460 e. The summed E-state index contributed by atoms with van der Waals surface area (Å²) in [6.45, 7) is 6.19. The Hall–Kier alpha value is -0.570. The molecule has 0 radical (unpaired) electrons. The minimum absolute atomic E-state index is 0.115. The number of carbonyl (C=O) groups is 1. The van der Waals surface area contributed by atoms with Crippen molar-refractivity contribution < 1.29 is 14.3 Å². The molecular formula is C14H24O3. The number of ether oxygens (including phenoxy) is 2. The van der Waals surface area contributed by atoms with Gasteiger partial charge >= 0.3 is 5.97 Å². The van der Waals surface area contributed by atoms with E-state index in [2.05, 4.69) is 13.8 Å². The molecule has 2 fully saturated rings. The maximum atomic E-state index is 12.3. The molecule has 2 rings (SSSR count). The molecule has 1 atom stereocenters. The standard InChI is InChI=1S/C14H24O3/c1-4-13(5-2)14(6-3,17-13)12(15)16-11-9-7-8-10-11/h11H,4-10H2,1-3H3. The van der Waals surface area contributed by atoms with Crippen molar-refractivity contribution in [2.24, 2.45) is 0 Å². The molecule has 0 spiro atoms. The Morgan fingerprint density at radius 3 is 2.18 bits per heavy atom. The van der Waals surface area contributed by atoms with Crippen LogP contribution in [0.1, 0.15) is 65.7 Å². The van der Waals surface area contributed by atoms with Crippen LogP contribution < -0.4 is 0 Å². The van der Waals surface area contributed by atoms with Gasteiger partial charge in [0.05, 0.1) is 0 Å². The fourth-order valence-corrected chi connectivity index (χ4v) is 3.29. The predicted molar refractivity (Wildman–Crippen MR) is 65.8 cm³/mol. The van der Waals surface area contributed by atoms with Gasteiger partial charge in [-0.25, -0.2) is 4.79 Å². The van der Waals surface area contributed by atoms with Crippen LogP contribution in [0.25, 0.3) is 0 Å². The second-order valence-corrected chi connectivity index (χ2v) is 5.30. The highest BCUT2D eigenvalue weighted by Gasteiger charge is 2.72. The van der Waals surface area contributed by atoms with E-state index in [4.69, 9.17) is 9.47 Å². The zero-order valence-electron chi connectivity index (χ0n) is 11.3. The fourth-order valence-electron chi connectivity index (χ4n) is 3.29. The van der Waals surface area contributed by atoms with Crippen LogP contribution in [0.4, 0.5) is 0 Å². The van der Waals surface area contributed by atoms with Gasteiger partial charge in [-0.2, -0.15) is 0 Å². The van der Waals surface area contributed by atoms with Crippen molar-refractivity contribution in [3.63, 3.8) is 0 Å². The van der Waals surface area contributed by atoms with E-state index in [1.807, 2.05) is 6.92 Å². The van der Waals surface area contributed by atoms with Crippen molar-refractivity contribution in [2.75, 3.05) is 0 Å². The lowest BCUT2D eigenvalue weighted by Gasteiger charge is -2.18. The smallest absolute Gasteiger partial charge is 0.341 e. The Morgan fingerprint density at radius 1 is 1.18 bits per heavy atom. The van der Waals surface area contributed by atoms with Crippen LogP contribution in [0.3, 0.4) is 0 Å². The van der Waals surface area contributed by atoms with Crippen LogP contribution in [0.2, 0.25) is 0 Å². The topological polar surface area (TPSA) is 38.8 Å². The van der Waals surface area contributed by atoms with Gasteiger partial charge in [-0.05, 0) is 44.9 Å². The lowest BCUT2D eigenvalue weighted by atomic mass is 9.86. The lowest BCUT2D eigenvalue weighted by molar-refractivity contribution is -0.155. The van der Waals surface area contributed by atoms with Gasteiger partial charge in [0.25, 0.3) is 0 Å². The Balaban J connectivity index is 2.02. The number of rotatable bonds is 5. The summed E-state index contributed by atoms with van der Waals surface area (Å²) in [6.07, 6.45) is 7.05. The first-order valence-corrected chi connectivity index (χ1v) is 7.05. The normalized spacial score (nSPS) is 31.5. The zero-order chi connectivity index (χ0) is 12.5. The van der Waals surface area contributed by atoms with Crippen LogP contribution in [0.5, 0.6) is 0 Å². The molecule has 0 bridgehead atoms. The summed E-state index contributed by atoms with van der Waals surface area (Å²) in [7, 11) is 0. The first-order chi connectivity index (χ1) is 8.14. The molecule has 98 valence electrons. The summed E-state index contributed by atoms with van der Waals surface area (Å²) in [6, 6.07) is 0. The molecule has 3 nitrogen and oxygen atoms in total. The van der Waals surface area contributed by atoms with E-state index in [-0.39, 0.29) is 17.7 Å². The molecular weight excluding hydrogens is 216 g/mol. The number of hydrogen-bond acceptors (Lipinski definition) is 3. The maximum absolute atomic E-state index is 12.3. The third-order valence-electron chi connectivity index (χ3n) is 4.61. The van der Waals surface area contributed by atoms with Crippen molar-refractivity contribution >= 4 is 5.97 Å². The minimum atomic E-state index is -0.640. The van der Waals surface area contributed by atoms with Crippen molar-refractivity contribution in [1.29, 1.82) is 0 Å². The van der Waals surface area contributed by atoms with E-state index < -0.39 is 5.60 Å². The van der Waals surface area contributed by atoms with Crippen molar-refractivity contribution in [3.05, 3.63) is 0 Å². The molecule has 1 saturated carbocycles. The molecule has 0 aromatic carbocycles. The van der Waals surface area contributed by atoms with Crippen LogP contribution in [-0.2, 0) is 14.3 Å². The Morgan fingerprint density at radius 2 is 1.76 bits per heavy atom. The van der Waals surface area contributed by atoms with Gasteiger partial charge in [-0.3, -0.25) is 0 Å². The van der Waals surface area contributed by atoms with E-state index in [1.165, 1.54) is 12.8 Å². The van der Waals surface area contributed by atoms with Gasteiger partial charge in [0.1, 0.15) is 11.7 Å². The summed E-state index contributed by atoms with van der Waals surface area (Å²) in [5.41, 5.74) is -0.892. The molecule has 1 aliphatic heterocycles. The van der Waals surface area contributed by atoms with Crippen LogP contribution >= 0.6 is 0 Å². The Labute approximate surface area is 104 Å². The van der Waals surface area contributed by atoms with E-state index in [1.54, 1.807) is 0 Å². The van der Waals surface area contributed by atoms with E-state index in [0.29, 0.717) is 0 Å². The van der Waals surface area contributed by atoms with Crippen LogP contribution in [0, 0.1) is 0 Å². The van der Waals surface area contributed by atoms with Gasteiger partial charge in [-0.1, -0.05) is 20.8 Å². The number of epoxide rings is 1. The summed E-state index contributed by atoms with van der Waals surface area (Å²) >= 11 is 0. The lowest BCUT2D eigenvalue weighted by Crippen LogP contribution is -2.36. The zero-order valence-corrected chi connectivity index (χ0v) is 11.3. The molecule has 0 amide bonds. The number of carbonyl (C=O) groups excluding carboxylic acids is 1. The van der Waals surface area contributed by atoms with E-state index in [9.17, 15) is 4.79 Å². The second-order valence-electron chi connectivity index (χ2n) is 5.30. The molecule has 1 heterocycles. The molecule has 3 heteroatoms. The summed E-state index contributed by atoms with van der Waals surface area (Å²) in [4.78, 5) is 12.3. The average molecular weight is 240 g/mol. The molecule has 0 aromatic rings. The van der Waals surface area contributed by atoms with Gasteiger partial charge in [0, 0.05) is 0 Å². The molecule has 0 N–H and O–H groups in total. The molecule has 0 aromatic heterocycles. The fraction of sp³-hybridized carbons (Fsp3) is 0.929. The van der Waals surface area contributed by atoms with Crippen LogP contribution in [0.15, 0.2) is 0 Å². The first kappa shape index (κ1) is 12.9. The van der Waals surface area contributed by atoms with E-state index in [0.717, 1.165) is 32.1 Å². The number of esters is 1. The van der Waals surface area contributed by atoms with Gasteiger partial charge in [0.2, 0.25) is 0 Å². The highest BCUT2D eigenvalue weighted by Crippen LogP contribution is 2.55. The molecule has 1 saturated heterocycles. The highest BCUT2D eigenvalue weighted by molar-refractivity contribution is 5.85. The molecule has 1 aliphatic carbocycles. The van der Waals surface area contributed by atoms with Gasteiger partial charge in [-0.15, -0.1) is 0 Å². The van der Waals surface area contributed by atoms with Gasteiger partial charge < -0.3 is 9.47 Å². The number of hydrogen-bond donors (Lipinski definition) is 0. The monoisotopic (exact) mass is 240 g/mol. The summed E-state index contributed by atoms with van der Waals surface area (Å²) in [5, 5.41) is 0. The average Bonchev–Trinajstić information content (AvgIpc) is 2.77. The first-order valence-electron chi connectivity index (χ1n) is 7.05. The molecule has 1 unspecified atom stereocenters. The molecule has 17 heavy (non-hydrogen) atoms. The van der Waals surface area contributed by atoms with Gasteiger partial charge in [0.15, 0.2) is 5.60 Å². The van der Waals surface area contributed by atoms with Crippen molar-refractivity contribution in [2.45, 2.75) is 83.0 Å².